The Labute approximate surface area is 160 Å². The molecule has 1 heterocycles. The number of amides is 2. The van der Waals surface area contributed by atoms with Crippen LogP contribution in [0.25, 0.3) is 0 Å². The first-order chi connectivity index (χ1) is 12.5. The number of fused-ring (bicyclic) bond motifs is 1. The van der Waals surface area contributed by atoms with E-state index in [1.54, 1.807) is 6.07 Å². The molecule has 8 heteroatoms. The molecule has 0 spiro atoms. The first kappa shape index (κ1) is 18.4. The first-order valence-corrected chi connectivity index (χ1v) is 8.67. The molecule has 1 aliphatic heterocycles. The molecule has 0 saturated heterocycles. The van der Waals surface area contributed by atoms with Gasteiger partial charge in [-0.3, -0.25) is 9.59 Å². The number of rotatable bonds is 5. The molecule has 6 nitrogen and oxygen atoms in total. The Morgan fingerprint density at radius 3 is 2.58 bits per heavy atom. The summed E-state index contributed by atoms with van der Waals surface area (Å²) in [6.45, 7) is 0.450. The molecule has 2 aromatic rings. The number of carbonyl (C=O) groups is 2. The van der Waals surface area contributed by atoms with Crippen molar-refractivity contribution in [3.63, 3.8) is 0 Å². The van der Waals surface area contributed by atoms with Crippen LogP contribution in [-0.2, 0) is 4.79 Å². The highest BCUT2D eigenvalue weighted by molar-refractivity contribution is 6.42. The Morgan fingerprint density at radius 1 is 1.04 bits per heavy atom. The van der Waals surface area contributed by atoms with Gasteiger partial charge in [0.2, 0.25) is 5.91 Å². The van der Waals surface area contributed by atoms with Crippen LogP contribution in [0.1, 0.15) is 10.4 Å². The Kier molecular flexibility index (Phi) is 5.85. The van der Waals surface area contributed by atoms with Crippen LogP contribution in [0.4, 0.5) is 0 Å². The number of hydrogen-bond donors (Lipinski definition) is 2. The smallest absolute Gasteiger partial charge is 0.251 e. The summed E-state index contributed by atoms with van der Waals surface area (Å²) in [4.78, 5) is 23.9. The van der Waals surface area contributed by atoms with E-state index in [2.05, 4.69) is 10.6 Å². The minimum Gasteiger partial charge on any atom is -0.486 e. The van der Waals surface area contributed by atoms with Crippen LogP contribution in [0.3, 0.4) is 0 Å². The molecule has 2 amide bonds. The van der Waals surface area contributed by atoms with E-state index < -0.39 is 5.91 Å². The van der Waals surface area contributed by atoms with Gasteiger partial charge in [0, 0.05) is 5.56 Å². The van der Waals surface area contributed by atoms with E-state index in [9.17, 15) is 9.59 Å². The fourth-order valence-electron chi connectivity index (χ4n) is 2.35. The number of carbonyl (C=O) groups excluding carboxylic acids is 2. The van der Waals surface area contributed by atoms with Crippen LogP contribution in [0.15, 0.2) is 42.5 Å². The third-order valence-electron chi connectivity index (χ3n) is 3.69. The third-order valence-corrected chi connectivity index (χ3v) is 4.42. The van der Waals surface area contributed by atoms with Crippen molar-refractivity contribution in [1.82, 2.24) is 10.6 Å². The largest absolute Gasteiger partial charge is 0.486 e. The van der Waals surface area contributed by atoms with Crippen molar-refractivity contribution in [3.05, 3.63) is 58.1 Å². The SMILES string of the molecule is O=C(CNC(=O)c1ccc(Cl)c(Cl)c1)NCC1COc2ccccc2O1. The van der Waals surface area contributed by atoms with Crippen molar-refractivity contribution in [2.24, 2.45) is 0 Å². The van der Waals surface area contributed by atoms with Crippen molar-refractivity contribution in [2.75, 3.05) is 19.7 Å². The standard InChI is InChI=1S/C18H16Cl2N2O4/c19-13-6-5-11(7-14(13)20)18(24)22-9-17(23)21-8-12-10-25-15-3-1-2-4-16(15)26-12/h1-7,12H,8-10H2,(H,21,23)(H,22,24). The number of hydrogen-bond acceptors (Lipinski definition) is 4. The van der Waals surface area contributed by atoms with Crippen molar-refractivity contribution in [2.45, 2.75) is 6.10 Å². The van der Waals surface area contributed by atoms with Crippen LogP contribution >= 0.6 is 23.2 Å². The summed E-state index contributed by atoms with van der Waals surface area (Å²) in [5.41, 5.74) is 0.327. The van der Waals surface area contributed by atoms with Gasteiger partial charge in [0.25, 0.3) is 5.91 Å². The van der Waals surface area contributed by atoms with E-state index in [0.29, 0.717) is 28.7 Å². The van der Waals surface area contributed by atoms with Crippen LogP contribution in [-0.4, -0.2) is 37.6 Å². The number of nitrogens with one attached hydrogen (secondary N) is 2. The molecule has 26 heavy (non-hydrogen) atoms. The van der Waals surface area contributed by atoms with Gasteiger partial charge >= 0.3 is 0 Å². The molecule has 0 aliphatic carbocycles. The third kappa shape index (κ3) is 4.59. The second-order valence-electron chi connectivity index (χ2n) is 5.61. The van der Waals surface area contributed by atoms with Gasteiger partial charge < -0.3 is 20.1 Å². The molecule has 2 N–H and O–H groups in total. The lowest BCUT2D eigenvalue weighted by atomic mass is 10.2. The summed E-state index contributed by atoms with van der Waals surface area (Å²) in [6.07, 6.45) is -0.292. The molecule has 1 aliphatic rings. The van der Waals surface area contributed by atoms with Gasteiger partial charge in [-0.25, -0.2) is 0 Å². The minimum absolute atomic E-state index is 0.163. The van der Waals surface area contributed by atoms with E-state index >= 15 is 0 Å². The lowest BCUT2D eigenvalue weighted by molar-refractivity contribution is -0.120. The van der Waals surface area contributed by atoms with Gasteiger partial charge in [0.05, 0.1) is 23.1 Å². The number of halogens is 2. The Hall–Kier alpha value is -2.44. The highest BCUT2D eigenvalue weighted by Gasteiger charge is 2.21. The highest BCUT2D eigenvalue weighted by atomic mass is 35.5. The molecule has 0 bridgehead atoms. The van der Waals surface area contributed by atoms with Crippen molar-refractivity contribution < 1.29 is 19.1 Å². The summed E-state index contributed by atoms with van der Waals surface area (Å²) < 4.78 is 11.3. The molecule has 0 fully saturated rings. The number of benzene rings is 2. The van der Waals surface area contributed by atoms with Gasteiger partial charge in [-0.05, 0) is 30.3 Å². The van der Waals surface area contributed by atoms with E-state index in [-0.39, 0.29) is 30.1 Å². The molecule has 3 rings (SSSR count). The molecular weight excluding hydrogens is 379 g/mol. The van der Waals surface area contributed by atoms with Crippen molar-refractivity contribution >= 4 is 35.0 Å². The average molecular weight is 395 g/mol. The van der Waals surface area contributed by atoms with Crippen LogP contribution < -0.4 is 20.1 Å². The molecule has 0 saturated carbocycles. The average Bonchev–Trinajstić information content (AvgIpc) is 2.66. The van der Waals surface area contributed by atoms with Crippen LogP contribution in [0.2, 0.25) is 10.0 Å². The zero-order valence-corrected chi connectivity index (χ0v) is 15.1. The maximum absolute atomic E-state index is 12.0. The quantitative estimate of drug-likeness (QED) is 0.816. The van der Waals surface area contributed by atoms with Crippen LogP contribution in [0.5, 0.6) is 11.5 Å². The maximum atomic E-state index is 12.0. The molecule has 136 valence electrons. The van der Waals surface area contributed by atoms with Gasteiger partial charge in [0.15, 0.2) is 11.5 Å². The van der Waals surface area contributed by atoms with Gasteiger partial charge in [-0.15, -0.1) is 0 Å². The van der Waals surface area contributed by atoms with Gasteiger partial charge in [0.1, 0.15) is 12.7 Å². The minimum atomic E-state index is -0.412. The number of ether oxygens (including phenoxy) is 2. The summed E-state index contributed by atoms with van der Waals surface area (Å²) in [5, 5.41) is 5.86. The summed E-state index contributed by atoms with van der Waals surface area (Å²) in [6, 6.07) is 11.8. The molecule has 0 aromatic heterocycles. The van der Waals surface area contributed by atoms with Crippen LogP contribution in [0, 0.1) is 0 Å². The zero-order valence-electron chi connectivity index (χ0n) is 13.6. The topological polar surface area (TPSA) is 76.7 Å². The molecular formula is C18H16Cl2N2O4. The van der Waals surface area contributed by atoms with E-state index in [0.717, 1.165) is 0 Å². The second-order valence-corrected chi connectivity index (χ2v) is 6.43. The molecule has 0 radical (unpaired) electrons. The van der Waals surface area contributed by atoms with Gasteiger partial charge in [-0.1, -0.05) is 35.3 Å². The first-order valence-electron chi connectivity index (χ1n) is 7.91. The van der Waals surface area contributed by atoms with E-state index in [1.807, 2.05) is 18.2 Å². The molecule has 2 aromatic carbocycles. The highest BCUT2D eigenvalue weighted by Crippen LogP contribution is 2.30. The summed E-state index contributed by atoms with van der Waals surface area (Å²) in [7, 11) is 0. The fourth-order valence-corrected chi connectivity index (χ4v) is 2.65. The zero-order chi connectivity index (χ0) is 18.5. The fraction of sp³-hybridized carbons (Fsp3) is 0.222. The lowest BCUT2D eigenvalue weighted by Gasteiger charge is -2.26. The Balaban J connectivity index is 1.43. The van der Waals surface area contributed by atoms with E-state index in [4.69, 9.17) is 32.7 Å². The normalized spacial score (nSPS) is 15.2. The van der Waals surface area contributed by atoms with Gasteiger partial charge in [-0.2, -0.15) is 0 Å². The van der Waals surface area contributed by atoms with Crippen molar-refractivity contribution in [3.8, 4) is 11.5 Å². The molecule has 1 atom stereocenters. The summed E-state index contributed by atoms with van der Waals surface area (Å²) in [5.74, 6) is 0.584. The lowest BCUT2D eigenvalue weighted by Crippen LogP contribution is -2.44. The second kappa shape index (κ2) is 8.29. The molecule has 1 unspecified atom stereocenters. The Bertz CT molecular complexity index is 829. The van der Waals surface area contributed by atoms with E-state index in [1.165, 1.54) is 18.2 Å². The van der Waals surface area contributed by atoms with Crippen molar-refractivity contribution in [1.29, 1.82) is 0 Å². The predicted octanol–water partition coefficient (Wildman–Crippen LogP) is 2.68. The monoisotopic (exact) mass is 394 g/mol. The predicted molar refractivity (Wildman–Crippen MR) is 98.2 cm³/mol. The number of para-hydroxylation sites is 2. The summed E-state index contributed by atoms with van der Waals surface area (Å²) >= 11 is 11.7. The maximum Gasteiger partial charge on any atom is 0.251 e. The Morgan fingerprint density at radius 2 is 1.81 bits per heavy atom.